The van der Waals surface area contributed by atoms with Gasteiger partial charge in [0.2, 0.25) is 5.91 Å². The van der Waals surface area contributed by atoms with Crippen LogP contribution >= 0.6 is 0 Å². The van der Waals surface area contributed by atoms with Gasteiger partial charge >= 0.3 is 6.09 Å². The van der Waals surface area contributed by atoms with Crippen LogP contribution in [-0.4, -0.2) is 78.2 Å². The number of hydrogen-bond acceptors (Lipinski definition) is 6. The number of amides is 2. The Hall–Kier alpha value is -2.61. The molecular weight excluding hydrogens is 394 g/mol. The number of pyridine rings is 1. The predicted octanol–water partition coefficient (Wildman–Crippen LogP) is 2.19. The Bertz CT molecular complexity index is 859. The van der Waals surface area contributed by atoms with Gasteiger partial charge in [-0.15, -0.1) is 0 Å². The molecule has 0 aliphatic carbocycles. The number of piperazine rings is 1. The molecule has 3 aliphatic rings. The van der Waals surface area contributed by atoms with Crippen LogP contribution in [0, 0.1) is 5.41 Å². The first-order chi connectivity index (χ1) is 14.7. The molecule has 1 spiro atoms. The van der Waals surface area contributed by atoms with E-state index < -0.39 is 5.60 Å². The van der Waals surface area contributed by atoms with E-state index in [2.05, 4.69) is 27.8 Å². The molecule has 1 aromatic heterocycles. The van der Waals surface area contributed by atoms with E-state index in [9.17, 15) is 9.59 Å². The van der Waals surface area contributed by atoms with Crippen LogP contribution in [0.25, 0.3) is 0 Å². The third kappa shape index (κ3) is 4.54. The molecule has 1 N–H and O–H groups in total. The highest BCUT2D eigenvalue weighted by atomic mass is 16.6. The molecule has 4 rings (SSSR count). The molecule has 8 nitrogen and oxygen atoms in total. The summed E-state index contributed by atoms with van der Waals surface area (Å²) in [7, 11) is 0. The molecule has 0 bridgehead atoms. The van der Waals surface area contributed by atoms with Crippen molar-refractivity contribution < 1.29 is 14.3 Å². The molecule has 0 radical (unpaired) electrons. The minimum Gasteiger partial charge on any atom is -0.444 e. The maximum Gasteiger partial charge on any atom is 0.410 e. The third-order valence-electron chi connectivity index (χ3n) is 6.33. The van der Waals surface area contributed by atoms with Gasteiger partial charge < -0.3 is 19.9 Å². The summed E-state index contributed by atoms with van der Waals surface area (Å²) in [6, 6.07) is 3.98. The lowest BCUT2D eigenvalue weighted by atomic mass is 9.79. The van der Waals surface area contributed by atoms with Crippen molar-refractivity contribution in [3.63, 3.8) is 0 Å². The minimum absolute atomic E-state index is 0.0162. The van der Waals surface area contributed by atoms with Crippen LogP contribution in [0.4, 0.5) is 10.6 Å². The van der Waals surface area contributed by atoms with Gasteiger partial charge in [-0.05, 0) is 51.0 Å². The zero-order valence-corrected chi connectivity index (χ0v) is 18.8. The Kier molecular flexibility index (Phi) is 5.68. The standard InChI is InChI=1S/C23H33N5O3/c1-5-20(29)26-10-7-23(14-26)15-27(16-23)19-12-17(6-8-25-19)18-13-24-9-11-28(18)21(30)31-22(2,3)4/h5-6,8,12,18,24H,1,7,9-11,13-16H2,2-4H3. The van der Waals surface area contributed by atoms with E-state index in [0.717, 1.165) is 50.5 Å². The highest BCUT2D eigenvalue weighted by Crippen LogP contribution is 2.41. The topological polar surface area (TPSA) is 78.0 Å². The number of aromatic nitrogens is 1. The summed E-state index contributed by atoms with van der Waals surface area (Å²) < 4.78 is 5.63. The van der Waals surface area contributed by atoms with Crippen molar-refractivity contribution in [1.29, 1.82) is 0 Å². The molecule has 3 fully saturated rings. The summed E-state index contributed by atoms with van der Waals surface area (Å²) in [5.41, 5.74) is 0.689. The lowest BCUT2D eigenvalue weighted by molar-refractivity contribution is -0.125. The van der Waals surface area contributed by atoms with Gasteiger partial charge in [-0.3, -0.25) is 9.69 Å². The second-order valence-corrected chi connectivity index (χ2v) is 9.91. The summed E-state index contributed by atoms with van der Waals surface area (Å²) in [4.78, 5) is 35.2. The quantitative estimate of drug-likeness (QED) is 0.745. The van der Waals surface area contributed by atoms with Crippen molar-refractivity contribution >= 4 is 17.8 Å². The minimum atomic E-state index is -0.524. The molecule has 1 aromatic rings. The Morgan fingerprint density at radius 1 is 1.29 bits per heavy atom. The summed E-state index contributed by atoms with van der Waals surface area (Å²) >= 11 is 0. The van der Waals surface area contributed by atoms with Crippen molar-refractivity contribution in [3.05, 3.63) is 36.5 Å². The van der Waals surface area contributed by atoms with Gasteiger partial charge in [-0.2, -0.15) is 0 Å². The van der Waals surface area contributed by atoms with Gasteiger partial charge in [0.15, 0.2) is 0 Å². The number of nitrogens with zero attached hydrogens (tertiary/aromatic N) is 4. The fraction of sp³-hybridized carbons (Fsp3) is 0.609. The average Bonchev–Trinajstić information content (AvgIpc) is 3.17. The first-order valence-electron chi connectivity index (χ1n) is 11.0. The summed E-state index contributed by atoms with van der Waals surface area (Å²) in [5, 5.41) is 3.39. The molecule has 31 heavy (non-hydrogen) atoms. The van der Waals surface area contributed by atoms with E-state index >= 15 is 0 Å². The number of nitrogens with one attached hydrogen (secondary N) is 1. The second kappa shape index (κ2) is 8.15. The molecule has 4 heterocycles. The molecule has 168 valence electrons. The van der Waals surface area contributed by atoms with Crippen LogP contribution < -0.4 is 10.2 Å². The van der Waals surface area contributed by atoms with Crippen molar-refractivity contribution in [2.24, 2.45) is 5.41 Å². The molecule has 1 unspecified atom stereocenters. The molecule has 3 aliphatic heterocycles. The molecule has 8 heteroatoms. The van der Waals surface area contributed by atoms with Crippen molar-refractivity contribution in [1.82, 2.24) is 20.1 Å². The van der Waals surface area contributed by atoms with E-state index in [0.29, 0.717) is 13.1 Å². The van der Waals surface area contributed by atoms with Crippen LogP contribution in [0.2, 0.25) is 0 Å². The second-order valence-electron chi connectivity index (χ2n) is 9.91. The Labute approximate surface area is 184 Å². The lowest BCUT2D eigenvalue weighted by Gasteiger charge is -2.48. The zero-order valence-electron chi connectivity index (χ0n) is 18.8. The van der Waals surface area contributed by atoms with E-state index in [1.54, 1.807) is 0 Å². The largest absolute Gasteiger partial charge is 0.444 e. The normalized spacial score (nSPS) is 22.9. The van der Waals surface area contributed by atoms with E-state index in [1.807, 2.05) is 42.8 Å². The highest BCUT2D eigenvalue weighted by molar-refractivity contribution is 5.87. The molecule has 0 aromatic carbocycles. The lowest BCUT2D eigenvalue weighted by Crippen LogP contribution is -2.58. The van der Waals surface area contributed by atoms with Gasteiger partial charge in [-0.1, -0.05) is 6.58 Å². The molecule has 2 amide bonds. The fourth-order valence-electron chi connectivity index (χ4n) is 4.79. The summed E-state index contributed by atoms with van der Waals surface area (Å²) in [5.74, 6) is 0.939. The maximum atomic E-state index is 12.8. The number of carbonyl (C=O) groups excluding carboxylic acids is 2. The summed E-state index contributed by atoms with van der Waals surface area (Å²) in [6.07, 6.45) is 3.95. The Morgan fingerprint density at radius 2 is 2.06 bits per heavy atom. The van der Waals surface area contributed by atoms with Crippen molar-refractivity contribution in [2.45, 2.75) is 38.8 Å². The number of carbonyl (C=O) groups is 2. The smallest absolute Gasteiger partial charge is 0.410 e. The first kappa shape index (κ1) is 21.6. The number of likely N-dealkylation sites (tertiary alicyclic amines) is 1. The van der Waals surface area contributed by atoms with Gasteiger partial charge in [0.05, 0.1) is 6.04 Å². The van der Waals surface area contributed by atoms with Crippen molar-refractivity contribution in [2.75, 3.05) is 50.7 Å². The number of hydrogen-bond donors (Lipinski definition) is 1. The van der Waals surface area contributed by atoms with Crippen LogP contribution in [0.3, 0.4) is 0 Å². The highest BCUT2D eigenvalue weighted by Gasteiger charge is 2.49. The van der Waals surface area contributed by atoms with E-state index in [4.69, 9.17) is 4.74 Å². The maximum absolute atomic E-state index is 12.8. The third-order valence-corrected chi connectivity index (χ3v) is 6.33. The van der Waals surface area contributed by atoms with E-state index in [-0.39, 0.29) is 23.5 Å². The Balaban J connectivity index is 1.44. The average molecular weight is 428 g/mol. The number of rotatable bonds is 3. The Morgan fingerprint density at radius 3 is 2.77 bits per heavy atom. The first-order valence-corrected chi connectivity index (χ1v) is 11.0. The van der Waals surface area contributed by atoms with Crippen LogP contribution in [-0.2, 0) is 9.53 Å². The predicted molar refractivity (Wildman–Crippen MR) is 119 cm³/mol. The molecular formula is C23H33N5O3. The van der Waals surface area contributed by atoms with Gasteiger partial charge in [0.1, 0.15) is 11.4 Å². The van der Waals surface area contributed by atoms with Crippen LogP contribution in [0.15, 0.2) is 31.0 Å². The van der Waals surface area contributed by atoms with Gasteiger partial charge in [-0.25, -0.2) is 9.78 Å². The zero-order chi connectivity index (χ0) is 22.2. The van der Waals surface area contributed by atoms with Gasteiger partial charge in [0, 0.05) is 57.4 Å². The molecule has 1 atom stereocenters. The number of ether oxygens (including phenoxy) is 1. The number of anilines is 1. The van der Waals surface area contributed by atoms with Crippen LogP contribution in [0.1, 0.15) is 38.8 Å². The van der Waals surface area contributed by atoms with Crippen molar-refractivity contribution in [3.8, 4) is 0 Å². The molecule has 0 saturated carbocycles. The molecule has 3 saturated heterocycles. The SMILES string of the molecule is C=CC(=O)N1CCC2(C1)CN(c1cc(C3CNCCN3C(=O)OC(C)(C)C)ccn1)C2. The van der Waals surface area contributed by atoms with E-state index in [1.165, 1.54) is 6.08 Å². The monoisotopic (exact) mass is 427 g/mol. The fourth-order valence-corrected chi connectivity index (χ4v) is 4.79. The van der Waals surface area contributed by atoms with Gasteiger partial charge in [0.25, 0.3) is 0 Å². The summed E-state index contributed by atoms with van der Waals surface area (Å²) in [6.45, 7) is 14.7. The van der Waals surface area contributed by atoms with Crippen LogP contribution in [0.5, 0.6) is 0 Å².